The summed E-state index contributed by atoms with van der Waals surface area (Å²) in [5.41, 5.74) is 0. The van der Waals surface area contributed by atoms with Crippen molar-refractivity contribution in [2.45, 2.75) is 32.8 Å². The molecule has 1 saturated heterocycles. The lowest BCUT2D eigenvalue weighted by Gasteiger charge is -2.32. The van der Waals surface area contributed by atoms with Crippen molar-refractivity contribution in [3.05, 3.63) is 0 Å². The Bertz CT molecular complexity index is 429. The van der Waals surface area contributed by atoms with Gasteiger partial charge in [0, 0.05) is 19.6 Å². The van der Waals surface area contributed by atoms with Crippen molar-refractivity contribution >= 4 is 11.9 Å². The highest BCUT2D eigenvalue weighted by Crippen LogP contribution is 2.18. The maximum atomic E-state index is 5.67. The van der Waals surface area contributed by atoms with Crippen LogP contribution in [-0.2, 0) is 4.74 Å². The summed E-state index contributed by atoms with van der Waals surface area (Å²) in [6.07, 6.45) is 2.23. The molecule has 0 aliphatic carbocycles. The Labute approximate surface area is 119 Å². The van der Waals surface area contributed by atoms with Crippen molar-refractivity contribution in [2.24, 2.45) is 0 Å². The molecule has 1 aromatic heterocycles. The van der Waals surface area contributed by atoms with Crippen LogP contribution >= 0.6 is 0 Å². The van der Waals surface area contributed by atoms with Crippen LogP contribution in [0.3, 0.4) is 0 Å². The highest BCUT2D eigenvalue weighted by atomic mass is 16.5. The first-order valence-corrected chi connectivity index (χ1v) is 7.17. The molecular weight excluding hydrogens is 258 g/mol. The number of nitrogens with zero attached hydrogens (tertiary/aromatic N) is 4. The molecule has 1 N–H and O–H groups in total. The third-order valence-corrected chi connectivity index (χ3v) is 3.20. The minimum atomic E-state index is 0.235. The number of nitrogens with one attached hydrogen (secondary N) is 1. The molecule has 0 amide bonds. The molecule has 1 aromatic rings. The van der Waals surface area contributed by atoms with Gasteiger partial charge in [-0.1, -0.05) is 13.8 Å². The van der Waals surface area contributed by atoms with Gasteiger partial charge in [0.2, 0.25) is 11.9 Å². The number of hydrogen-bond acceptors (Lipinski definition) is 7. The number of hydrogen-bond donors (Lipinski definition) is 1. The van der Waals surface area contributed by atoms with Gasteiger partial charge in [-0.25, -0.2) is 0 Å². The number of morpholine rings is 1. The topological polar surface area (TPSA) is 72.4 Å². The quantitative estimate of drug-likeness (QED) is 0.843. The predicted molar refractivity (Wildman–Crippen MR) is 77.4 cm³/mol. The summed E-state index contributed by atoms with van der Waals surface area (Å²) in [5.74, 6) is 1.21. The fourth-order valence-corrected chi connectivity index (χ4v) is 2.04. The lowest BCUT2D eigenvalue weighted by molar-refractivity contribution is 0.0378. The van der Waals surface area contributed by atoms with Gasteiger partial charge in [-0.2, -0.15) is 15.0 Å². The Morgan fingerprint density at radius 1 is 1.35 bits per heavy atom. The van der Waals surface area contributed by atoms with E-state index in [2.05, 4.69) is 39.0 Å². The van der Waals surface area contributed by atoms with Gasteiger partial charge in [0.05, 0.1) is 19.8 Å². The van der Waals surface area contributed by atoms with E-state index in [0.717, 1.165) is 32.5 Å². The maximum Gasteiger partial charge on any atom is 0.322 e. The van der Waals surface area contributed by atoms with Crippen molar-refractivity contribution < 1.29 is 9.47 Å². The van der Waals surface area contributed by atoms with E-state index in [9.17, 15) is 0 Å². The summed E-state index contributed by atoms with van der Waals surface area (Å²) in [6, 6.07) is 0.341. The van der Waals surface area contributed by atoms with Crippen LogP contribution in [0.2, 0.25) is 0 Å². The van der Waals surface area contributed by atoms with Crippen LogP contribution in [0.4, 0.5) is 11.9 Å². The average molecular weight is 281 g/mol. The molecule has 1 atom stereocenters. The third kappa shape index (κ3) is 3.69. The smallest absolute Gasteiger partial charge is 0.322 e. The fourth-order valence-electron chi connectivity index (χ4n) is 2.04. The van der Waals surface area contributed by atoms with Crippen LogP contribution in [0.5, 0.6) is 6.01 Å². The zero-order valence-electron chi connectivity index (χ0n) is 12.4. The minimum absolute atomic E-state index is 0.235. The second-order valence-corrected chi connectivity index (χ2v) is 4.72. The number of ether oxygens (including phenoxy) is 2. The molecule has 1 aliphatic heterocycles. The van der Waals surface area contributed by atoms with Crippen LogP contribution in [-0.4, -0.2) is 54.4 Å². The normalized spacial score (nSPS) is 18.9. The lowest BCUT2D eigenvalue weighted by atomic mass is 10.2. The predicted octanol–water partition coefficient (Wildman–Crippen LogP) is 1.32. The summed E-state index contributed by atoms with van der Waals surface area (Å²) in [5, 5.41) is 3.17. The molecular formula is C13H23N5O2. The molecule has 112 valence electrons. The van der Waals surface area contributed by atoms with Crippen LogP contribution in [0.25, 0.3) is 0 Å². The van der Waals surface area contributed by atoms with Crippen molar-refractivity contribution in [2.75, 3.05) is 43.6 Å². The molecule has 1 fully saturated rings. The first-order chi connectivity index (χ1) is 9.76. The Morgan fingerprint density at radius 2 is 2.20 bits per heavy atom. The molecule has 0 aromatic carbocycles. The van der Waals surface area contributed by atoms with Crippen LogP contribution in [0.15, 0.2) is 0 Å². The van der Waals surface area contributed by atoms with E-state index in [4.69, 9.17) is 9.47 Å². The van der Waals surface area contributed by atoms with Gasteiger partial charge in [-0.3, -0.25) is 0 Å². The summed E-state index contributed by atoms with van der Waals surface area (Å²) < 4.78 is 10.8. The molecule has 0 bridgehead atoms. The Kier molecular flexibility index (Phi) is 5.34. The van der Waals surface area contributed by atoms with E-state index in [1.807, 2.05) is 0 Å². The van der Waals surface area contributed by atoms with Gasteiger partial charge < -0.3 is 19.7 Å². The van der Waals surface area contributed by atoms with Crippen molar-refractivity contribution in [3.8, 4) is 6.01 Å². The average Bonchev–Trinajstić information content (AvgIpc) is 2.52. The summed E-state index contributed by atoms with van der Waals surface area (Å²) in [6.45, 7) is 7.34. The maximum absolute atomic E-state index is 5.67. The molecule has 7 nitrogen and oxygen atoms in total. The first kappa shape index (κ1) is 14.8. The molecule has 0 radical (unpaired) electrons. The molecule has 2 heterocycles. The SMILES string of the molecule is CCCNc1nc(OC)nc(N2CCOC(CC)C2)n1. The van der Waals surface area contributed by atoms with Crippen LogP contribution in [0.1, 0.15) is 26.7 Å². The Morgan fingerprint density at radius 3 is 2.90 bits per heavy atom. The molecule has 20 heavy (non-hydrogen) atoms. The Hall–Kier alpha value is -1.63. The Balaban J connectivity index is 2.16. The summed E-state index contributed by atoms with van der Waals surface area (Å²) in [4.78, 5) is 15.1. The van der Waals surface area contributed by atoms with Gasteiger partial charge in [0.25, 0.3) is 0 Å². The highest BCUT2D eigenvalue weighted by Gasteiger charge is 2.22. The first-order valence-electron chi connectivity index (χ1n) is 7.17. The van der Waals surface area contributed by atoms with E-state index in [-0.39, 0.29) is 6.10 Å². The molecule has 7 heteroatoms. The minimum Gasteiger partial charge on any atom is -0.467 e. The van der Waals surface area contributed by atoms with Crippen molar-refractivity contribution in [1.29, 1.82) is 0 Å². The lowest BCUT2D eigenvalue weighted by Crippen LogP contribution is -2.43. The molecule has 2 rings (SSSR count). The second kappa shape index (κ2) is 7.23. The monoisotopic (exact) mass is 281 g/mol. The largest absolute Gasteiger partial charge is 0.467 e. The second-order valence-electron chi connectivity index (χ2n) is 4.72. The fraction of sp³-hybridized carbons (Fsp3) is 0.769. The molecule has 0 spiro atoms. The number of methoxy groups -OCH3 is 1. The van der Waals surface area contributed by atoms with Gasteiger partial charge in [-0.15, -0.1) is 0 Å². The van der Waals surface area contributed by atoms with Crippen LogP contribution in [0, 0.1) is 0 Å². The standard InChI is InChI=1S/C13H23N5O2/c1-4-6-14-11-15-12(17-13(16-11)19-3)18-7-8-20-10(5-2)9-18/h10H,4-9H2,1-3H3,(H,14,15,16,17). The van der Waals surface area contributed by atoms with E-state index in [1.165, 1.54) is 0 Å². The van der Waals surface area contributed by atoms with Crippen molar-refractivity contribution in [3.63, 3.8) is 0 Å². The van der Waals surface area contributed by atoms with E-state index < -0.39 is 0 Å². The summed E-state index contributed by atoms with van der Waals surface area (Å²) >= 11 is 0. The molecule has 1 aliphatic rings. The summed E-state index contributed by atoms with van der Waals surface area (Å²) in [7, 11) is 1.57. The van der Waals surface area contributed by atoms with Gasteiger partial charge in [0.1, 0.15) is 0 Å². The van der Waals surface area contributed by atoms with E-state index in [0.29, 0.717) is 24.5 Å². The zero-order valence-corrected chi connectivity index (χ0v) is 12.4. The van der Waals surface area contributed by atoms with E-state index in [1.54, 1.807) is 7.11 Å². The van der Waals surface area contributed by atoms with Crippen LogP contribution < -0.4 is 15.0 Å². The van der Waals surface area contributed by atoms with E-state index >= 15 is 0 Å². The zero-order chi connectivity index (χ0) is 14.4. The molecule has 0 saturated carbocycles. The highest BCUT2D eigenvalue weighted by molar-refractivity contribution is 5.38. The molecule has 1 unspecified atom stereocenters. The van der Waals surface area contributed by atoms with Crippen molar-refractivity contribution in [1.82, 2.24) is 15.0 Å². The number of rotatable bonds is 6. The number of anilines is 2. The van der Waals surface area contributed by atoms with Gasteiger partial charge in [-0.05, 0) is 12.8 Å². The van der Waals surface area contributed by atoms with Gasteiger partial charge in [0.15, 0.2) is 0 Å². The number of aromatic nitrogens is 3. The third-order valence-electron chi connectivity index (χ3n) is 3.20. The van der Waals surface area contributed by atoms with Gasteiger partial charge >= 0.3 is 6.01 Å².